The van der Waals surface area contributed by atoms with E-state index in [1.165, 1.54) is 0 Å². The third-order valence-corrected chi connectivity index (χ3v) is 5.91. The Morgan fingerprint density at radius 1 is 0.842 bits per heavy atom. The minimum absolute atomic E-state index is 0.255. The molecule has 0 saturated carbocycles. The van der Waals surface area contributed by atoms with Gasteiger partial charge >= 0.3 is 114 Å². The molecule has 0 unspecified atom stereocenters. The van der Waals surface area contributed by atoms with Crippen molar-refractivity contribution in [2.24, 2.45) is 0 Å². The predicted molar refractivity (Wildman–Crippen MR) is 82.6 cm³/mol. The van der Waals surface area contributed by atoms with Crippen molar-refractivity contribution < 1.29 is 9.32 Å². The summed E-state index contributed by atoms with van der Waals surface area (Å²) in [4.78, 5) is 12.2. The molecule has 2 aromatic rings. The molecule has 0 N–H and O–H groups in total. The average molecular weight is 274 g/mol. The molecule has 2 rings (SSSR count). The van der Waals surface area contributed by atoms with Crippen LogP contribution in [0.25, 0.3) is 0 Å². The van der Waals surface area contributed by atoms with Gasteiger partial charge in [-0.3, -0.25) is 0 Å². The van der Waals surface area contributed by atoms with Gasteiger partial charge in [0.15, 0.2) is 0 Å². The SMILES string of the molecule is CP(C)(C)(OC(=O)c1ccccc1)c1ccccc1. The molecule has 0 amide bonds. The molecule has 2 nitrogen and oxygen atoms in total. The van der Waals surface area contributed by atoms with Crippen LogP contribution >= 0.6 is 6.83 Å². The van der Waals surface area contributed by atoms with E-state index in [0.29, 0.717) is 5.56 Å². The van der Waals surface area contributed by atoms with Crippen LogP contribution in [0.4, 0.5) is 0 Å². The van der Waals surface area contributed by atoms with Crippen LogP contribution in [-0.4, -0.2) is 26.0 Å². The second kappa shape index (κ2) is 4.79. The molecule has 0 bridgehead atoms. The molecule has 2 aromatic carbocycles. The summed E-state index contributed by atoms with van der Waals surface area (Å²) in [6.45, 7) is 3.48. The van der Waals surface area contributed by atoms with Crippen LogP contribution < -0.4 is 5.30 Å². The number of hydrogen-bond donors (Lipinski definition) is 0. The van der Waals surface area contributed by atoms with Gasteiger partial charge < -0.3 is 0 Å². The fourth-order valence-electron chi connectivity index (χ4n) is 1.91. The Morgan fingerprint density at radius 3 is 1.84 bits per heavy atom. The predicted octanol–water partition coefficient (Wildman–Crippen LogP) is 3.53. The van der Waals surface area contributed by atoms with Gasteiger partial charge in [-0.2, -0.15) is 0 Å². The second-order valence-corrected chi connectivity index (χ2v) is 11.7. The third kappa shape index (κ3) is 3.21. The molecule has 100 valence electrons. The number of rotatable bonds is 3. The van der Waals surface area contributed by atoms with Crippen LogP contribution in [0.3, 0.4) is 0 Å². The van der Waals surface area contributed by atoms with Gasteiger partial charge in [-0.15, -0.1) is 0 Å². The van der Waals surface area contributed by atoms with E-state index in [4.69, 9.17) is 4.52 Å². The summed E-state index contributed by atoms with van der Waals surface area (Å²) in [5.41, 5.74) is 0.595. The van der Waals surface area contributed by atoms with Crippen LogP contribution in [0.2, 0.25) is 0 Å². The first-order valence-electron chi connectivity index (χ1n) is 6.23. The molecular formula is C16H19O2P. The fraction of sp³-hybridized carbons (Fsp3) is 0.188. The maximum atomic E-state index is 12.2. The Bertz CT molecular complexity index is 568. The van der Waals surface area contributed by atoms with Gasteiger partial charge in [-0.05, 0) is 0 Å². The summed E-state index contributed by atoms with van der Waals surface area (Å²) >= 11 is 0. The first-order chi connectivity index (χ1) is 8.87. The van der Waals surface area contributed by atoms with Gasteiger partial charge in [0.1, 0.15) is 0 Å². The van der Waals surface area contributed by atoms with Gasteiger partial charge in [0.05, 0.1) is 0 Å². The summed E-state index contributed by atoms with van der Waals surface area (Å²) in [6.07, 6.45) is 0. The molecule has 0 fully saturated rings. The second-order valence-electron chi connectivity index (χ2n) is 5.73. The van der Waals surface area contributed by atoms with Crippen LogP contribution in [0, 0.1) is 0 Å². The van der Waals surface area contributed by atoms with Crippen molar-refractivity contribution in [3.8, 4) is 0 Å². The zero-order chi connectivity index (χ0) is 14.0. The van der Waals surface area contributed by atoms with E-state index in [1.807, 2.05) is 68.5 Å². The van der Waals surface area contributed by atoms with Crippen molar-refractivity contribution in [2.45, 2.75) is 0 Å². The molecule has 0 aromatic heterocycles. The van der Waals surface area contributed by atoms with Gasteiger partial charge in [0.25, 0.3) is 0 Å². The standard InChI is InChI=1S/C16H19O2P/c1-19(2,3,15-12-8-5-9-13-15)18-16(17)14-10-6-4-7-11-14/h4-13H,1-3H3. The molecule has 0 aliphatic carbocycles. The van der Waals surface area contributed by atoms with Crippen LogP contribution in [0.1, 0.15) is 10.4 Å². The number of carbonyl (C=O) groups is 1. The van der Waals surface area contributed by atoms with E-state index in [-0.39, 0.29) is 5.97 Å². The summed E-state index contributed by atoms with van der Waals surface area (Å²) < 4.78 is 5.89. The average Bonchev–Trinajstić information content (AvgIpc) is 2.40. The number of carbonyl (C=O) groups excluding carboxylic acids is 1. The first kappa shape index (κ1) is 13.8. The summed E-state index contributed by atoms with van der Waals surface area (Å²) in [7, 11) is 0. The Hall–Kier alpha value is -1.66. The van der Waals surface area contributed by atoms with Gasteiger partial charge in [-0.1, -0.05) is 0 Å². The molecular weight excluding hydrogens is 255 g/mol. The van der Waals surface area contributed by atoms with E-state index in [2.05, 4.69) is 0 Å². The molecule has 3 heteroatoms. The molecule has 0 radical (unpaired) electrons. The monoisotopic (exact) mass is 274 g/mol. The molecule has 0 heterocycles. The normalized spacial score (nSPS) is 13.3. The first-order valence-corrected chi connectivity index (χ1v) is 9.72. The van der Waals surface area contributed by atoms with Crippen molar-refractivity contribution in [3.05, 3.63) is 66.2 Å². The Morgan fingerprint density at radius 2 is 1.32 bits per heavy atom. The van der Waals surface area contributed by atoms with Crippen molar-refractivity contribution in [2.75, 3.05) is 20.0 Å². The number of hydrogen-bond acceptors (Lipinski definition) is 2. The van der Waals surface area contributed by atoms with Gasteiger partial charge in [-0.25, -0.2) is 0 Å². The molecule has 0 atom stereocenters. The summed E-state index contributed by atoms with van der Waals surface area (Å²) in [6, 6.07) is 19.1. The van der Waals surface area contributed by atoms with Crippen LogP contribution in [0.15, 0.2) is 60.7 Å². The van der Waals surface area contributed by atoms with Gasteiger partial charge in [0, 0.05) is 0 Å². The topological polar surface area (TPSA) is 26.3 Å². The van der Waals surface area contributed by atoms with Gasteiger partial charge in [0.2, 0.25) is 0 Å². The Kier molecular flexibility index (Phi) is 3.47. The van der Waals surface area contributed by atoms with Crippen molar-refractivity contribution in [1.82, 2.24) is 0 Å². The van der Waals surface area contributed by atoms with Crippen molar-refractivity contribution in [1.29, 1.82) is 0 Å². The van der Waals surface area contributed by atoms with E-state index in [9.17, 15) is 4.79 Å². The van der Waals surface area contributed by atoms with Crippen LogP contribution in [-0.2, 0) is 4.52 Å². The van der Waals surface area contributed by atoms with E-state index >= 15 is 0 Å². The Labute approximate surface area is 114 Å². The van der Waals surface area contributed by atoms with E-state index in [0.717, 1.165) is 5.30 Å². The molecule has 0 aliphatic heterocycles. The molecule has 0 aliphatic rings. The van der Waals surface area contributed by atoms with E-state index < -0.39 is 6.83 Å². The maximum absolute atomic E-state index is 12.2. The van der Waals surface area contributed by atoms with Crippen molar-refractivity contribution in [3.63, 3.8) is 0 Å². The quantitative estimate of drug-likeness (QED) is 0.800. The minimum atomic E-state index is -2.65. The zero-order valence-corrected chi connectivity index (χ0v) is 12.4. The Balaban J connectivity index is 2.29. The third-order valence-electron chi connectivity index (χ3n) is 3.05. The summed E-state index contributed by atoms with van der Waals surface area (Å²) in [5.74, 6) is -0.255. The number of benzene rings is 2. The van der Waals surface area contributed by atoms with E-state index in [1.54, 1.807) is 12.1 Å². The molecule has 0 saturated heterocycles. The summed E-state index contributed by atoms with van der Waals surface area (Å²) in [5, 5.41) is 1.10. The molecule has 0 spiro atoms. The zero-order valence-electron chi connectivity index (χ0n) is 11.5. The fourth-order valence-corrected chi connectivity index (χ4v) is 3.89. The van der Waals surface area contributed by atoms with Crippen LogP contribution in [0.5, 0.6) is 0 Å². The molecule has 19 heavy (non-hydrogen) atoms. The van der Waals surface area contributed by atoms with Crippen molar-refractivity contribution >= 4 is 18.1 Å².